The summed E-state index contributed by atoms with van der Waals surface area (Å²) in [5.74, 6) is 0.673. The molecule has 0 radical (unpaired) electrons. The van der Waals surface area contributed by atoms with E-state index < -0.39 is 0 Å². The highest BCUT2D eigenvalue weighted by molar-refractivity contribution is 5.30. The summed E-state index contributed by atoms with van der Waals surface area (Å²) in [6.45, 7) is 2.83. The number of hydrogen-bond acceptors (Lipinski definition) is 2. The predicted octanol–water partition coefficient (Wildman–Crippen LogP) is 3.73. The minimum Gasteiger partial charge on any atom is -0.497 e. The minimum atomic E-state index is -0.160. The van der Waals surface area contributed by atoms with E-state index in [9.17, 15) is 4.39 Å². The average molecular weight is 273 g/mol. The number of rotatable bonds is 6. The highest BCUT2D eigenvalue weighted by Gasteiger charge is 2.14. The van der Waals surface area contributed by atoms with Crippen molar-refractivity contribution in [2.45, 2.75) is 19.4 Å². The first-order valence-corrected chi connectivity index (χ1v) is 6.85. The van der Waals surface area contributed by atoms with Crippen LogP contribution in [0.5, 0.6) is 5.75 Å². The Balaban J connectivity index is 2.18. The van der Waals surface area contributed by atoms with Gasteiger partial charge in [-0.25, -0.2) is 4.39 Å². The summed E-state index contributed by atoms with van der Waals surface area (Å²) >= 11 is 0. The van der Waals surface area contributed by atoms with Gasteiger partial charge in [0.15, 0.2) is 0 Å². The lowest BCUT2D eigenvalue weighted by Gasteiger charge is -2.19. The Labute approximate surface area is 119 Å². The molecule has 1 N–H and O–H groups in total. The first kappa shape index (κ1) is 14.5. The Hall–Kier alpha value is -1.87. The van der Waals surface area contributed by atoms with Crippen molar-refractivity contribution in [1.29, 1.82) is 0 Å². The van der Waals surface area contributed by atoms with Crippen LogP contribution < -0.4 is 10.1 Å². The van der Waals surface area contributed by atoms with Crippen LogP contribution in [-0.2, 0) is 6.42 Å². The molecule has 0 fully saturated rings. The van der Waals surface area contributed by atoms with Crippen molar-refractivity contribution in [3.63, 3.8) is 0 Å². The number of benzene rings is 2. The Morgan fingerprint density at radius 3 is 2.40 bits per heavy atom. The SMILES string of the molecule is CCNC(Cc1ccc(OC)cc1)c1ccccc1F. The van der Waals surface area contributed by atoms with E-state index in [1.54, 1.807) is 13.2 Å². The molecule has 1 unspecified atom stereocenters. The molecule has 20 heavy (non-hydrogen) atoms. The molecule has 0 bridgehead atoms. The number of halogens is 1. The van der Waals surface area contributed by atoms with Gasteiger partial charge in [0.2, 0.25) is 0 Å². The molecule has 2 aromatic rings. The molecule has 2 aromatic carbocycles. The molecule has 0 saturated carbocycles. The second-order valence-electron chi connectivity index (χ2n) is 4.68. The minimum absolute atomic E-state index is 0.0189. The van der Waals surface area contributed by atoms with E-state index in [-0.39, 0.29) is 11.9 Å². The van der Waals surface area contributed by atoms with Gasteiger partial charge < -0.3 is 10.1 Å². The summed E-state index contributed by atoms with van der Waals surface area (Å²) in [6, 6.07) is 14.8. The molecule has 3 heteroatoms. The van der Waals surface area contributed by atoms with Gasteiger partial charge in [-0.15, -0.1) is 0 Å². The van der Waals surface area contributed by atoms with Gasteiger partial charge in [0, 0.05) is 11.6 Å². The van der Waals surface area contributed by atoms with Crippen molar-refractivity contribution in [1.82, 2.24) is 5.32 Å². The van der Waals surface area contributed by atoms with Gasteiger partial charge in [-0.1, -0.05) is 37.3 Å². The average Bonchev–Trinajstić information content (AvgIpc) is 2.48. The third-order valence-corrected chi connectivity index (χ3v) is 3.33. The summed E-state index contributed by atoms with van der Waals surface area (Å²) < 4.78 is 19.1. The van der Waals surface area contributed by atoms with Crippen molar-refractivity contribution < 1.29 is 9.13 Å². The standard InChI is InChI=1S/C17H20FNO/c1-3-19-17(15-6-4-5-7-16(15)18)12-13-8-10-14(20-2)11-9-13/h4-11,17,19H,3,12H2,1-2H3. The Morgan fingerprint density at radius 2 is 1.80 bits per heavy atom. The summed E-state index contributed by atoms with van der Waals surface area (Å²) in [7, 11) is 1.65. The molecule has 106 valence electrons. The van der Waals surface area contributed by atoms with Crippen molar-refractivity contribution in [2.24, 2.45) is 0 Å². The predicted molar refractivity (Wildman–Crippen MR) is 79.5 cm³/mol. The van der Waals surface area contributed by atoms with Crippen LogP contribution in [0.25, 0.3) is 0 Å². The van der Waals surface area contributed by atoms with Gasteiger partial charge >= 0.3 is 0 Å². The first-order valence-electron chi connectivity index (χ1n) is 6.85. The zero-order valence-electron chi connectivity index (χ0n) is 11.9. The second-order valence-corrected chi connectivity index (χ2v) is 4.68. The fourth-order valence-electron chi connectivity index (χ4n) is 2.29. The molecular weight excluding hydrogens is 253 g/mol. The van der Waals surface area contributed by atoms with E-state index in [4.69, 9.17) is 4.74 Å². The van der Waals surface area contributed by atoms with Crippen LogP contribution in [0.15, 0.2) is 48.5 Å². The zero-order valence-corrected chi connectivity index (χ0v) is 11.9. The lowest BCUT2D eigenvalue weighted by molar-refractivity contribution is 0.414. The van der Waals surface area contributed by atoms with E-state index in [1.807, 2.05) is 43.3 Å². The molecule has 0 spiro atoms. The molecule has 0 aliphatic heterocycles. The summed E-state index contributed by atoms with van der Waals surface area (Å²) in [4.78, 5) is 0. The molecule has 0 saturated heterocycles. The number of methoxy groups -OCH3 is 1. The monoisotopic (exact) mass is 273 g/mol. The lowest BCUT2D eigenvalue weighted by atomic mass is 9.98. The lowest BCUT2D eigenvalue weighted by Crippen LogP contribution is -2.23. The van der Waals surface area contributed by atoms with Gasteiger partial charge in [0.1, 0.15) is 11.6 Å². The van der Waals surface area contributed by atoms with Crippen LogP contribution in [0.2, 0.25) is 0 Å². The van der Waals surface area contributed by atoms with Crippen LogP contribution in [0.3, 0.4) is 0 Å². The number of hydrogen-bond donors (Lipinski definition) is 1. The van der Waals surface area contributed by atoms with Gasteiger partial charge in [0.05, 0.1) is 7.11 Å². The van der Waals surface area contributed by atoms with Crippen LogP contribution in [0, 0.1) is 5.82 Å². The maximum absolute atomic E-state index is 13.9. The van der Waals surface area contributed by atoms with E-state index in [1.165, 1.54) is 6.07 Å². The van der Waals surface area contributed by atoms with Crippen LogP contribution >= 0.6 is 0 Å². The first-order chi connectivity index (χ1) is 9.74. The Morgan fingerprint density at radius 1 is 1.10 bits per heavy atom. The van der Waals surface area contributed by atoms with E-state index in [2.05, 4.69) is 5.32 Å². The Bertz CT molecular complexity index is 539. The van der Waals surface area contributed by atoms with Gasteiger partial charge in [-0.2, -0.15) is 0 Å². The van der Waals surface area contributed by atoms with Crippen LogP contribution in [-0.4, -0.2) is 13.7 Å². The van der Waals surface area contributed by atoms with Crippen molar-refractivity contribution in [2.75, 3.05) is 13.7 Å². The van der Waals surface area contributed by atoms with Gasteiger partial charge in [-0.3, -0.25) is 0 Å². The molecule has 0 amide bonds. The van der Waals surface area contributed by atoms with Crippen molar-refractivity contribution in [3.05, 3.63) is 65.5 Å². The molecule has 0 aliphatic carbocycles. The maximum atomic E-state index is 13.9. The quantitative estimate of drug-likeness (QED) is 0.866. The maximum Gasteiger partial charge on any atom is 0.127 e. The fourth-order valence-corrected chi connectivity index (χ4v) is 2.29. The largest absolute Gasteiger partial charge is 0.497 e. The topological polar surface area (TPSA) is 21.3 Å². The zero-order chi connectivity index (χ0) is 14.4. The molecule has 1 atom stereocenters. The number of nitrogens with one attached hydrogen (secondary N) is 1. The number of likely N-dealkylation sites (N-methyl/N-ethyl adjacent to an activating group) is 1. The molecule has 2 nitrogen and oxygen atoms in total. The fraction of sp³-hybridized carbons (Fsp3) is 0.294. The summed E-state index contributed by atoms with van der Waals surface area (Å²) in [5.41, 5.74) is 1.87. The van der Waals surface area contributed by atoms with Crippen molar-refractivity contribution in [3.8, 4) is 5.75 Å². The van der Waals surface area contributed by atoms with Gasteiger partial charge in [0.25, 0.3) is 0 Å². The van der Waals surface area contributed by atoms with Crippen LogP contribution in [0.4, 0.5) is 4.39 Å². The van der Waals surface area contributed by atoms with Crippen LogP contribution in [0.1, 0.15) is 24.1 Å². The Kier molecular flexibility index (Phi) is 5.13. The second kappa shape index (κ2) is 7.06. The van der Waals surface area contributed by atoms with Gasteiger partial charge in [-0.05, 0) is 36.7 Å². The smallest absolute Gasteiger partial charge is 0.127 e. The molecule has 0 aliphatic rings. The molecule has 0 aromatic heterocycles. The molecular formula is C17H20FNO. The highest BCUT2D eigenvalue weighted by Crippen LogP contribution is 2.22. The summed E-state index contributed by atoms with van der Waals surface area (Å²) in [5, 5.41) is 3.35. The molecule has 2 rings (SSSR count). The van der Waals surface area contributed by atoms with E-state index in [0.717, 1.165) is 24.3 Å². The number of ether oxygens (including phenoxy) is 1. The van der Waals surface area contributed by atoms with E-state index in [0.29, 0.717) is 5.56 Å². The third kappa shape index (κ3) is 3.58. The summed E-state index contributed by atoms with van der Waals surface area (Å²) in [6.07, 6.45) is 0.749. The highest BCUT2D eigenvalue weighted by atomic mass is 19.1. The third-order valence-electron chi connectivity index (χ3n) is 3.33. The van der Waals surface area contributed by atoms with E-state index >= 15 is 0 Å². The normalized spacial score (nSPS) is 12.2. The molecule has 0 heterocycles. The van der Waals surface area contributed by atoms with Crippen molar-refractivity contribution >= 4 is 0 Å².